The summed E-state index contributed by atoms with van der Waals surface area (Å²) in [6.45, 7) is 0.419. The van der Waals surface area contributed by atoms with Gasteiger partial charge in [0, 0.05) is 35.8 Å². The summed E-state index contributed by atoms with van der Waals surface area (Å²) >= 11 is 2.07. The number of halogens is 1. The largest absolute Gasteiger partial charge is 0.489 e. The summed E-state index contributed by atoms with van der Waals surface area (Å²) in [6.07, 6.45) is 6.53. The molecule has 0 saturated carbocycles. The zero-order valence-electron chi connectivity index (χ0n) is 13.2. The van der Waals surface area contributed by atoms with Gasteiger partial charge in [0.25, 0.3) is 0 Å². The van der Waals surface area contributed by atoms with Crippen molar-refractivity contribution >= 4 is 40.3 Å². The van der Waals surface area contributed by atoms with Gasteiger partial charge in [0.15, 0.2) is 3.77 Å². The zero-order chi connectivity index (χ0) is 17.5. The highest BCUT2D eigenvalue weighted by Gasteiger charge is 2.02. The maximum Gasteiger partial charge on any atom is 0.248 e. The van der Waals surface area contributed by atoms with Crippen LogP contribution in [0.5, 0.6) is 5.75 Å². The van der Waals surface area contributed by atoms with E-state index in [9.17, 15) is 4.79 Å². The third-order valence-electron chi connectivity index (χ3n) is 3.22. The molecule has 25 heavy (non-hydrogen) atoms. The molecule has 0 aliphatic heterocycles. The van der Waals surface area contributed by atoms with Crippen LogP contribution in [0.3, 0.4) is 0 Å². The lowest BCUT2D eigenvalue weighted by Crippen LogP contribution is -2.07. The average Bonchev–Trinajstić information content (AvgIpc) is 3.05. The lowest BCUT2D eigenvalue weighted by Gasteiger charge is -2.08. The van der Waals surface area contributed by atoms with Gasteiger partial charge < -0.3 is 14.5 Å². The minimum Gasteiger partial charge on any atom is -0.489 e. The second-order valence-corrected chi connectivity index (χ2v) is 6.21. The first kappa shape index (κ1) is 17.2. The first-order valence-corrected chi connectivity index (χ1v) is 8.63. The van der Waals surface area contributed by atoms with E-state index in [1.54, 1.807) is 36.7 Å². The van der Waals surface area contributed by atoms with E-state index in [-0.39, 0.29) is 5.91 Å². The molecule has 3 aromatic rings. The summed E-state index contributed by atoms with van der Waals surface area (Å²) in [5.41, 5.74) is 1.64. The Kier molecular flexibility index (Phi) is 5.84. The van der Waals surface area contributed by atoms with Gasteiger partial charge in [0.05, 0.1) is 0 Å². The van der Waals surface area contributed by atoms with Crippen molar-refractivity contribution in [3.63, 3.8) is 0 Å². The van der Waals surface area contributed by atoms with Gasteiger partial charge in [-0.15, -0.1) is 0 Å². The number of nitrogens with zero attached hydrogens (tertiary/aromatic N) is 1. The molecule has 0 radical (unpaired) electrons. The molecule has 0 atom stereocenters. The molecule has 6 heteroatoms. The Morgan fingerprint density at radius 1 is 1.24 bits per heavy atom. The number of rotatable bonds is 6. The van der Waals surface area contributed by atoms with Gasteiger partial charge in [0.2, 0.25) is 5.91 Å². The molecule has 0 aliphatic carbocycles. The fraction of sp³-hybridized carbons (Fsp3) is 0.0526. The molecule has 1 amide bonds. The molecule has 0 spiro atoms. The number of amides is 1. The summed E-state index contributed by atoms with van der Waals surface area (Å²) in [5.74, 6) is 1.06. The van der Waals surface area contributed by atoms with E-state index < -0.39 is 0 Å². The second-order valence-electron chi connectivity index (χ2n) is 5.14. The third-order valence-corrected chi connectivity index (χ3v) is 3.80. The third kappa shape index (κ3) is 5.46. The highest BCUT2D eigenvalue weighted by molar-refractivity contribution is 14.1. The number of furan rings is 1. The smallest absolute Gasteiger partial charge is 0.248 e. The highest BCUT2D eigenvalue weighted by atomic mass is 127. The second kappa shape index (κ2) is 8.48. The van der Waals surface area contributed by atoms with Gasteiger partial charge in [-0.05, 0) is 59.0 Å². The normalized spacial score (nSPS) is 10.8. The minimum atomic E-state index is -0.240. The van der Waals surface area contributed by atoms with Gasteiger partial charge in [-0.1, -0.05) is 12.1 Å². The number of anilines is 1. The first-order valence-electron chi connectivity index (χ1n) is 7.55. The lowest BCUT2D eigenvalue weighted by atomic mass is 10.3. The SMILES string of the molecule is O=C(C=Cc1ccc(I)o1)Nc1cccc(OCc2cccnc2)c1. The Morgan fingerprint density at radius 2 is 2.16 bits per heavy atom. The van der Waals surface area contributed by atoms with Gasteiger partial charge >= 0.3 is 0 Å². The van der Waals surface area contributed by atoms with Crippen molar-refractivity contribution in [2.45, 2.75) is 6.61 Å². The molecule has 0 bridgehead atoms. The minimum absolute atomic E-state index is 0.240. The van der Waals surface area contributed by atoms with E-state index in [0.717, 1.165) is 9.33 Å². The number of hydrogen-bond acceptors (Lipinski definition) is 4. The Bertz CT molecular complexity index is 875. The topological polar surface area (TPSA) is 64.4 Å². The fourth-order valence-corrected chi connectivity index (χ4v) is 2.51. The first-order chi connectivity index (χ1) is 12.2. The predicted octanol–water partition coefficient (Wildman–Crippen LogP) is 4.51. The maximum atomic E-state index is 12.0. The number of nitrogens with one attached hydrogen (secondary N) is 1. The molecular formula is C19H15IN2O3. The summed E-state index contributed by atoms with van der Waals surface area (Å²) in [5, 5.41) is 2.80. The number of aromatic nitrogens is 1. The van der Waals surface area contributed by atoms with Crippen LogP contribution >= 0.6 is 22.6 Å². The molecule has 5 nitrogen and oxygen atoms in total. The number of carbonyl (C=O) groups is 1. The summed E-state index contributed by atoms with van der Waals surface area (Å²) in [7, 11) is 0. The van der Waals surface area contributed by atoms with Crippen LogP contribution in [-0.2, 0) is 11.4 Å². The number of ether oxygens (including phenoxy) is 1. The van der Waals surface area contributed by atoms with Crippen molar-refractivity contribution in [3.05, 3.63) is 82.1 Å². The summed E-state index contributed by atoms with van der Waals surface area (Å²) < 4.78 is 11.9. The molecule has 0 fully saturated rings. The standard InChI is InChI=1S/C19H15IN2O3/c20-18-8-6-16(25-18)7-9-19(23)22-15-4-1-5-17(11-15)24-13-14-3-2-10-21-12-14/h1-12H,13H2,(H,22,23). The average molecular weight is 446 g/mol. The van der Waals surface area contributed by atoms with E-state index in [1.165, 1.54) is 6.08 Å². The van der Waals surface area contributed by atoms with Crippen molar-refractivity contribution < 1.29 is 13.9 Å². The number of hydrogen-bond donors (Lipinski definition) is 1. The van der Waals surface area contributed by atoms with Crippen LogP contribution in [0.1, 0.15) is 11.3 Å². The Balaban J connectivity index is 1.57. The van der Waals surface area contributed by atoms with Crippen LogP contribution in [0.4, 0.5) is 5.69 Å². The van der Waals surface area contributed by atoms with Crippen LogP contribution in [0, 0.1) is 3.77 Å². The van der Waals surface area contributed by atoms with Crippen LogP contribution in [0.25, 0.3) is 6.08 Å². The molecule has 1 aromatic carbocycles. The molecule has 126 valence electrons. The van der Waals surface area contributed by atoms with E-state index in [0.29, 0.717) is 23.8 Å². The van der Waals surface area contributed by atoms with Gasteiger partial charge in [-0.2, -0.15) is 0 Å². The number of pyridine rings is 1. The zero-order valence-corrected chi connectivity index (χ0v) is 15.3. The Morgan fingerprint density at radius 3 is 2.92 bits per heavy atom. The fourth-order valence-electron chi connectivity index (χ4n) is 2.07. The molecule has 3 rings (SSSR count). The van der Waals surface area contributed by atoms with Gasteiger partial charge in [0.1, 0.15) is 18.1 Å². The van der Waals surface area contributed by atoms with Crippen molar-refractivity contribution in [1.82, 2.24) is 4.98 Å². The maximum absolute atomic E-state index is 12.0. The Labute approximate surface area is 158 Å². The van der Waals surface area contributed by atoms with E-state index in [1.807, 2.05) is 30.3 Å². The highest BCUT2D eigenvalue weighted by Crippen LogP contribution is 2.19. The molecular weight excluding hydrogens is 431 g/mol. The Hall–Kier alpha value is -2.61. The molecule has 1 N–H and O–H groups in total. The van der Waals surface area contributed by atoms with Crippen LogP contribution in [0.15, 0.2) is 71.4 Å². The molecule has 0 unspecified atom stereocenters. The monoisotopic (exact) mass is 446 g/mol. The lowest BCUT2D eigenvalue weighted by molar-refractivity contribution is -0.111. The summed E-state index contributed by atoms with van der Waals surface area (Å²) in [6, 6.07) is 14.7. The number of benzene rings is 1. The van der Waals surface area contributed by atoms with Gasteiger partial charge in [-0.3, -0.25) is 9.78 Å². The molecule has 2 heterocycles. The van der Waals surface area contributed by atoms with E-state index in [4.69, 9.17) is 9.15 Å². The van der Waals surface area contributed by atoms with E-state index in [2.05, 4.69) is 32.9 Å². The van der Waals surface area contributed by atoms with Gasteiger partial charge in [-0.25, -0.2) is 0 Å². The van der Waals surface area contributed by atoms with Crippen LogP contribution < -0.4 is 10.1 Å². The van der Waals surface area contributed by atoms with E-state index >= 15 is 0 Å². The van der Waals surface area contributed by atoms with Crippen molar-refractivity contribution in [1.29, 1.82) is 0 Å². The van der Waals surface area contributed by atoms with Crippen molar-refractivity contribution in [3.8, 4) is 5.75 Å². The van der Waals surface area contributed by atoms with Crippen LogP contribution in [0.2, 0.25) is 0 Å². The molecule has 0 saturated heterocycles. The quantitative estimate of drug-likeness (QED) is 0.447. The predicted molar refractivity (Wildman–Crippen MR) is 104 cm³/mol. The van der Waals surface area contributed by atoms with Crippen LogP contribution in [-0.4, -0.2) is 10.9 Å². The molecule has 0 aliphatic rings. The van der Waals surface area contributed by atoms with Crippen molar-refractivity contribution in [2.24, 2.45) is 0 Å². The summed E-state index contributed by atoms with van der Waals surface area (Å²) in [4.78, 5) is 16.0. The number of carbonyl (C=O) groups excluding carboxylic acids is 1. The van der Waals surface area contributed by atoms with Crippen molar-refractivity contribution in [2.75, 3.05) is 5.32 Å². The molecule has 2 aromatic heterocycles.